The van der Waals surface area contributed by atoms with Crippen LogP contribution in [0.15, 0.2) is 39.5 Å². The number of nitrogens with zero attached hydrogens (tertiary/aromatic N) is 1. The quantitative estimate of drug-likeness (QED) is 0.802. The number of aromatic hydroxyl groups is 1. The van der Waals surface area contributed by atoms with Gasteiger partial charge in [-0.3, -0.25) is 9.59 Å². The van der Waals surface area contributed by atoms with Gasteiger partial charge in [0.25, 0.3) is 0 Å². The van der Waals surface area contributed by atoms with Crippen LogP contribution in [0.4, 0.5) is 0 Å². The van der Waals surface area contributed by atoms with Gasteiger partial charge in [0, 0.05) is 25.6 Å². The molecule has 148 valence electrons. The topological polar surface area (TPSA) is 117 Å². The Morgan fingerprint density at radius 1 is 1.18 bits per heavy atom. The number of rotatable bonds is 5. The zero-order valence-electron chi connectivity index (χ0n) is 15.4. The standard InChI is InChI=1S/C20H21NO7/c1-12-10-16(22)18(24)19(28-12)15(11-17(23)21-6-8-27-9-7-21)13-2-4-14(5-3-13)20(25)26/h2-5,10,15,24H,6-9,11H2,1H3,(H,25,26). The van der Waals surface area contributed by atoms with E-state index in [4.69, 9.17) is 14.3 Å². The smallest absolute Gasteiger partial charge is 0.335 e. The van der Waals surface area contributed by atoms with E-state index in [0.717, 1.165) is 0 Å². The van der Waals surface area contributed by atoms with Gasteiger partial charge in [-0.1, -0.05) is 12.1 Å². The predicted molar refractivity (Wildman–Crippen MR) is 98.6 cm³/mol. The van der Waals surface area contributed by atoms with E-state index in [0.29, 0.717) is 37.6 Å². The lowest BCUT2D eigenvalue weighted by atomic mass is 9.91. The third-order valence-electron chi connectivity index (χ3n) is 4.69. The molecule has 2 N–H and O–H groups in total. The van der Waals surface area contributed by atoms with Gasteiger partial charge in [-0.2, -0.15) is 0 Å². The van der Waals surface area contributed by atoms with Crippen LogP contribution in [-0.4, -0.2) is 53.3 Å². The number of hydrogen-bond donors (Lipinski definition) is 2. The first-order valence-corrected chi connectivity index (χ1v) is 8.89. The van der Waals surface area contributed by atoms with Gasteiger partial charge in [-0.25, -0.2) is 4.79 Å². The molecule has 8 nitrogen and oxygen atoms in total. The Morgan fingerprint density at radius 3 is 2.43 bits per heavy atom. The van der Waals surface area contributed by atoms with Gasteiger partial charge < -0.3 is 24.3 Å². The fourth-order valence-corrected chi connectivity index (χ4v) is 3.20. The molecule has 0 saturated carbocycles. The summed E-state index contributed by atoms with van der Waals surface area (Å²) in [6, 6.07) is 7.11. The van der Waals surface area contributed by atoms with Crippen LogP contribution in [-0.2, 0) is 9.53 Å². The van der Waals surface area contributed by atoms with E-state index in [1.807, 2.05) is 0 Å². The molecule has 1 fully saturated rings. The molecule has 2 heterocycles. The van der Waals surface area contributed by atoms with Crippen LogP contribution in [0.2, 0.25) is 0 Å². The van der Waals surface area contributed by atoms with Crippen LogP contribution < -0.4 is 5.43 Å². The third-order valence-corrected chi connectivity index (χ3v) is 4.69. The van der Waals surface area contributed by atoms with Crippen molar-refractivity contribution in [1.82, 2.24) is 4.90 Å². The van der Waals surface area contributed by atoms with E-state index < -0.39 is 23.1 Å². The number of amides is 1. The van der Waals surface area contributed by atoms with E-state index in [-0.39, 0.29) is 23.7 Å². The van der Waals surface area contributed by atoms with Crippen LogP contribution in [0.25, 0.3) is 0 Å². The molecular formula is C20H21NO7. The molecule has 0 bridgehead atoms. The Hall–Kier alpha value is -3.13. The van der Waals surface area contributed by atoms with Crippen LogP contribution in [0, 0.1) is 6.92 Å². The van der Waals surface area contributed by atoms with Crippen molar-refractivity contribution in [2.45, 2.75) is 19.3 Å². The van der Waals surface area contributed by atoms with Crippen LogP contribution in [0.1, 0.15) is 39.8 Å². The second kappa shape index (κ2) is 8.26. The molecule has 1 aromatic heterocycles. The summed E-state index contributed by atoms with van der Waals surface area (Å²) in [5.41, 5.74) is 0.0670. The first-order valence-electron chi connectivity index (χ1n) is 8.89. The van der Waals surface area contributed by atoms with Crippen molar-refractivity contribution in [2.24, 2.45) is 0 Å². The maximum Gasteiger partial charge on any atom is 0.335 e. The molecule has 2 aromatic rings. The fraction of sp³-hybridized carbons (Fsp3) is 0.350. The van der Waals surface area contributed by atoms with Gasteiger partial charge in [0.15, 0.2) is 5.76 Å². The molecule has 1 amide bonds. The first kappa shape index (κ1) is 19.6. The van der Waals surface area contributed by atoms with Gasteiger partial charge in [0.2, 0.25) is 17.1 Å². The Kier molecular flexibility index (Phi) is 5.79. The van der Waals surface area contributed by atoms with Crippen molar-refractivity contribution in [3.8, 4) is 5.75 Å². The average molecular weight is 387 g/mol. The maximum absolute atomic E-state index is 12.8. The van der Waals surface area contributed by atoms with Crippen molar-refractivity contribution in [3.05, 3.63) is 63.2 Å². The highest BCUT2D eigenvalue weighted by atomic mass is 16.5. The number of aryl methyl sites for hydroxylation is 1. The van der Waals surface area contributed by atoms with Gasteiger partial charge in [-0.05, 0) is 24.6 Å². The molecule has 1 aromatic carbocycles. The van der Waals surface area contributed by atoms with E-state index in [2.05, 4.69) is 0 Å². The molecule has 8 heteroatoms. The summed E-state index contributed by atoms with van der Waals surface area (Å²) >= 11 is 0. The minimum Gasteiger partial charge on any atom is -0.502 e. The van der Waals surface area contributed by atoms with Crippen molar-refractivity contribution in [1.29, 1.82) is 0 Å². The molecule has 0 aliphatic carbocycles. The fourth-order valence-electron chi connectivity index (χ4n) is 3.20. The molecular weight excluding hydrogens is 366 g/mol. The number of hydrogen-bond acceptors (Lipinski definition) is 6. The second-order valence-corrected chi connectivity index (χ2v) is 6.61. The molecule has 1 unspecified atom stereocenters. The number of morpholine rings is 1. The van der Waals surface area contributed by atoms with E-state index in [1.54, 1.807) is 24.0 Å². The Labute approximate surface area is 161 Å². The summed E-state index contributed by atoms with van der Waals surface area (Å²) in [6.45, 7) is 3.42. The van der Waals surface area contributed by atoms with Gasteiger partial charge in [-0.15, -0.1) is 0 Å². The highest BCUT2D eigenvalue weighted by Crippen LogP contribution is 2.33. The van der Waals surface area contributed by atoms with Crippen LogP contribution >= 0.6 is 0 Å². The summed E-state index contributed by atoms with van der Waals surface area (Å²) in [5, 5.41) is 19.4. The summed E-state index contributed by atoms with van der Waals surface area (Å²) in [5.74, 6) is -2.21. The Balaban J connectivity index is 1.99. The Bertz CT molecular complexity index is 927. The van der Waals surface area contributed by atoms with Crippen molar-refractivity contribution in [3.63, 3.8) is 0 Å². The van der Waals surface area contributed by atoms with E-state index in [1.165, 1.54) is 18.2 Å². The minimum atomic E-state index is -1.07. The zero-order valence-corrected chi connectivity index (χ0v) is 15.4. The lowest BCUT2D eigenvalue weighted by Gasteiger charge is -2.28. The summed E-state index contributed by atoms with van der Waals surface area (Å²) in [4.78, 5) is 37.6. The van der Waals surface area contributed by atoms with Crippen LogP contribution in [0.5, 0.6) is 5.75 Å². The number of carboxylic acid groups (broad SMARTS) is 1. The zero-order chi connectivity index (χ0) is 20.3. The average Bonchev–Trinajstić information content (AvgIpc) is 2.69. The molecule has 3 rings (SSSR count). The number of ether oxygens (including phenoxy) is 1. The molecule has 1 saturated heterocycles. The van der Waals surface area contributed by atoms with Gasteiger partial charge in [0.05, 0.1) is 24.7 Å². The monoisotopic (exact) mass is 387 g/mol. The Morgan fingerprint density at radius 2 is 1.82 bits per heavy atom. The number of carbonyl (C=O) groups excluding carboxylic acids is 1. The van der Waals surface area contributed by atoms with Gasteiger partial charge >= 0.3 is 5.97 Å². The molecule has 1 aliphatic rings. The van der Waals surface area contributed by atoms with Gasteiger partial charge in [0.1, 0.15) is 5.76 Å². The lowest BCUT2D eigenvalue weighted by molar-refractivity contribution is -0.135. The molecule has 1 aliphatic heterocycles. The predicted octanol–water partition coefficient (Wildman–Crippen LogP) is 1.73. The number of aromatic carboxylic acids is 1. The van der Waals surface area contributed by atoms with Crippen molar-refractivity contribution >= 4 is 11.9 Å². The third kappa shape index (κ3) is 4.23. The van der Waals surface area contributed by atoms with E-state index in [9.17, 15) is 19.5 Å². The normalized spacial score (nSPS) is 15.2. The minimum absolute atomic E-state index is 0.00492. The number of benzene rings is 1. The largest absolute Gasteiger partial charge is 0.502 e. The maximum atomic E-state index is 12.8. The highest BCUT2D eigenvalue weighted by Gasteiger charge is 2.28. The SMILES string of the molecule is Cc1cc(=O)c(O)c(C(CC(=O)N2CCOCC2)c2ccc(C(=O)O)cc2)o1. The van der Waals surface area contributed by atoms with Crippen LogP contribution in [0.3, 0.4) is 0 Å². The van der Waals surface area contributed by atoms with Crippen molar-refractivity contribution < 1.29 is 29.0 Å². The summed E-state index contributed by atoms with van der Waals surface area (Å²) in [6.07, 6.45) is -0.0353. The molecule has 0 radical (unpaired) electrons. The molecule has 0 spiro atoms. The number of carboxylic acids is 1. The molecule has 1 atom stereocenters. The summed E-state index contributed by atoms with van der Waals surface area (Å²) < 4.78 is 10.9. The highest BCUT2D eigenvalue weighted by molar-refractivity contribution is 5.87. The second-order valence-electron chi connectivity index (χ2n) is 6.61. The van der Waals surface area contributed by atoms with E-state index >= 15 is 0 Å². The molecule has 28 heavy (non-hydrogen) atoms. The number of carbonyl (C=O) groups is 2. The first-order chi connectivity index (χ1) is 13.4. The summed E-state index contributed by atoms with van der Waals surface area (Å²) in [7, 11) is 0. The lowest BCUT2D eigenvalue weighted by Crippen LogP contribution is -2.41. The van der Waals surface area contributed by atoms with Crippen molar-refractivity contribution in [2.75, 3.05) is 26.3 Å².